The van der Waals surface area contributed by atoms with E-state index in [9.17, 15) is 21.6 Å². The number of nitrogens with zero attached hydrogens (tertiary/aromatic N) is 1. The predicted molar refractivity (Wildman–Crippen MR) is 79.9 cm³/mol. The fourth-order valence-corrected chi connectivity index (χ4v) is 3.74. The Morgan fingerprint density at radius 1 is 1.38 bits per heavy atom. The van der Waals surface area contributed by atoms with Gasteiger partial charge in [0.15, 0.2) is 0 Å². The lowest BCUT2D eigenvalue weighted by molar-refractivity contribution is -0.137. The maximum atomic E-state index is 12.7. The topological polar surface area (TPSA) is 63.4 Å². The van der Waals surface area contributed by atoms with Gasteiger partial charge in [0.2, 0.25) is 10.0 Å². The van der Waals surface area contributed by atoms with Crippen LogP contribution in [0.25, 0.3) is 0 Å². The van der Waals surface area contributed by atoms with Crippen molar-refractivity contribution < 1.29 is 21.6 Å². The fourth-order valence-electron chi connectivity index (χ4n) is 1.42. The van der Waals surface area contributed by atoms with Crippen LogP contribution in [0.3, 0.4) is 0 Å². The van der Waals surface area contributed by atoms with Crippen LogP contribution in [0.2, 0.25) is 0 Å². The molecule has 0 aliphatic heterocycles. The third kappa shape index (κ3) is 4.56. The van der Waals surface area contributed by atoms with Crippen LogP contribution in [0.5, 0.6) is 0 Å². The van der Waals surface area contributed by atoms with Crippen LogP contribution in [0.1, 0.15) is 12.5 Å². The van der Waals surface area contributed by atoms with E-state index in [1.165, 1.54) is 7.05 Å². The predicted octanol–water partition coefficient (Wildman–Crippen LogP) is 2.86. The lowest BCUT2D eigenvalue weighted by Gasteiger charge is -2.24. The van der Waals surface area contributed by atoms with Crippen molar-refractivity contribution in [2.45, 2.75) is 24.0 Å². The van der Waals surface area contributed by atoms with Gasteiger partial charge in [-0.05, 0) is 41.1 Å². The number of nitrogens with two attached hydrogens (primary N) is 1. The Bertz CT molecular complexity index is 596. The lowest BCUT2D eigenvalue weighted by atomic mass is 10.2. The van der Waals surface area contributed by atoms with E-state index in [1.807, 2.05) is 0 Å². The summed E-state index contributed by atoms with van der Waals surface area (Å²) in [4.78, 5) is -0.435. The molecule has 1 atom stereocenters. The number of hydrogen-bond donors (Lipinski definition) is 1. The van der Waals surface area contributed by atoms with Gasteiger partial charge in [-0.3, -0.25) is 0 Å². The number of hydrogen-bond acceptors (Lipinski definition) is 3. The Labute approximate surface area is 136 Å². The molecule has 1 aromatic carbocycles. The Kier molecular flexibility index (Phi) is 7.15. The molecule has 0 heterocycles. The molecule has 0 amide bonds. The number of likely N-dealkylation sites (N-methyl/N-ethyl adjacent to an activating group) is 1. The highest BCUT2D eigenvalue weighted by Crippen LogP contribution is 2.34. The first-order valence-corrected chi connectivity index (χ1v) is 7.80. The molecule has 0 aliphatic rings. The van der Waals surface area contributed by atoms with Crippen LogP contribution in [-0.2, 0) is 16.2 Å². The lowest BCUT2D eigenvalue weighted by Crippen LogP contribution is -2.39. The van der Waals surface area contributed by atoms with E-state index in [0.717, 1.165) is 16.4 Å². The van der Waals surface area contributed by atoms with Crippen molar-refractivity contribution in [2.75, 3.05) is 13.6 Å². The highest BCUT2D eigenvalue weighted by Gasteiger charge is 2.34. The maximum Gasteiger partial charge on any atom is 0.416 e. The molecule has 0 saturated heterocycles. The van der Waals surface area contributed by atoms with Crippen LogP contribution in [-0.4, -0.2) is 32.4 Å². The molecular weight excluding hydrogens is 397 g/mol. The highest BCUT2D eigenvalue weighted by molar-refractivity contribution is 9.10. The minimum Gasteiger partial charge on any atom is -0.329 e. The third-order valence-corrected chi connectivity index (χ3v) is 5.84. The standard InChI is InChI=1S/C11H14BrF3N2O2S.ClH/c1-7(6-16)17(2)20(18,19)10-5-8(11(13,14)15)3-4-9(10)12;/h3-5,7H,6,16H2,1-2H3;1H. The summed E-state index contributed by atoms with van der Waals surface area (Å²) < 4.78 is 63.6. The molecule has 0 aromatic heterocycles. The van der Waals surface area contributed by atoms with Gasteiger partial charge in [-0.2, -0.15) is 17.5 Å². The third-order valence-electron chi connectivity index (χ3n) is 2.88. The quantitative estimate of drug-likeness (QED) is 0.829. The molecule has 10 heteroatoms. The summed E-state index contributed by atoms with van der Waals surface area (Å²) in [6.07, 6.45) is -4.61. The van der Waals surface area contributed by atoms with Crippen molar-refractivity contribution in [3.63, 3.8) is 0 Å². The molecule has 1 unspecified atom stereocenters. The van der Waals surface area contributed by atoms with Crippen molar-refractivity contribution in [3.8, 4) is 0 Å². The Balaban J connectivity index is 0.00000400. The number of benzene rings is 1. The van der Waals surface area contributed by atoms with Crippen molar-refractivity contribution in [2.24, 2.45) is 5.73 Å². The first-order valence-electron chi connectivity index (χ1n) is 5.56. The molecule has 0 fully saturated rings. The smallest absolute Gasteiger partial charge is 0.329 e. The maximum absolute atomic E-state index is 12.7. The average Bonchev–Trinajstić information content (AvgIpc) is 2.35. The summed E-state index contributed by atoms with van der Waals surface area (Å²) in [5.41, 5.74) is 4.37. The van der Waals surface area contributed by atoms with Gasteiger partial charge >= 0.3 is 6.18 Å². The first kappa shape index (κ1) is 20.6. The summed E-state index contributed by atoms with van der Waals surface area (Å²) >= 11 is 2.97. The summed E-state index contributed by atoms with van der Waals surface area (Å²) in [5, 5.41) is 0. The van der Waals surface area contributed by atoms with Crippen molar-refractivity contribution in [3.05, 3.63) is 28.2 Å². The zero-order valence-corrected chi connectivity index (χ0v) is 14.4. The Hall–Kier alpha value is -0.350. The molecule has 0 bridgehead atoms. The van der Waals surface area contributed by atoms with Gasteiger partial charge in [0.25, 0.3) is 0 Å². The van der Waals surface area contributed by atoms with Crippen LogP contribution in [0.15, 0.2) is 27.6 Å². The molecular formula is C11H15BrClF3N2O2S. The van der Waals surface area contributed by atoms with Crippen molar-refractivity contribution in [1.29, 1.82) is 0 Å². The van der Waals surface area contributed by atoms with Gasteiger partial charge in [0, 0.05) is 24.1 Å². The number of rotatable bonds is 4. The van der Waals surface area contributed by atoms with Crippen LogP contribution < -0.4 is 5.73 Å². The van der Waals surface area contributed by atoms with Crippen LogP contribution in [0, 0.1) is 0 Å². The van der Waals surface area contributed by atoms with Gasteiger partial charge in [0.1, 0.15) is 0 Å². The second kappa shape index (κ2) is 7.28. The molecule has 2 N–H and O–H groups in total. The van der Waals surface area contributed by atoms with E-state index in [0.29, 0.717) is 6.07 Å². The minimum atomic E-state index is -4.61. The van der Waals surface area contributed by atoms with Gasteiger partial charge in [-0.15, -0.1) is 12.4 Å². The van der Waals surface area contributed by atoms with Crippen LogP contribution >= 0.6 is 28.3 Å². The zero-order valence-electron chi connectivity index (χ0n) is 11.2. The summed E-state index contributed by atoms with van der Waals surface area (Å²) in [6, 6.07) is 1.96. The Morgan fingerprint density at radius 2 is 1.90 bits per heavy atom. The largest absolute Gasteiger partial charge is 0.416 e. The fraction of sp³-hybridized carbons (Fsp3) is 0.455. The minimum absolute atomic E-state index is 0. The molecule has 1 aromatic rings. The van der Waals surface area contributed by atoms with Crippen molar-refractivity contribution >= 4 is 38.4 Å². The number of halogens is 5. The van der Waals surface area contributed by atoms with Gasteiger partial charge < -0.3 is 5.73 Å². The number of alkyl halides is 3. The van der Waals surface area contributed by atoms with E-state index in [-0.39, 0.29) is 23.4 Å². The number of sulfonamides is 1. The summed E-state index contributed by atoms with van der Waals surface area (Å²) in [6.45, 7) is 1.63. The molecule has 0 spiro atoms. The second-order valence-electron chi connectivity index (χ2n) is 4.25. The summed E-state index contributed by atoms with van der Waals surface area (Å²) in [7, 11) is -2.78. The van der Waals surface area contributed by atoms with Crippen LogP contribution in [0.4, 0.5) is 13.2 Å². The summed E-state index contributed by atoms with van der Waals surface area (Å²) in [5.74, 6) is 0. The SMILES string of the molecule is CC(CN)N(C)S(=O)(=O)c1cc(C(F)(F)F)ccc1Br.Cl. The molecule has 4 nitrogen and oxygen atoms in total. The average molecular weight is 412 g/mol. The molecule has 0 radical (unpaired) electrons. The van der Waals surface area contributed by atoms with Gasteiger partial charge in [-0.25, -0.2) is 8.42 Å². The van der Waals surface area contributed by atoms with Crippen molar-refractivity contribution in [1.82, 2.24) is 4.31 Å². The van der Waals surface area contributed by atoms with E-state index in [2.05, 4.69) is 15.9 Å². The monoisotopic (exact) mass is 410 g/mol. The normalized spacial score (nSPS) is 13.9. The molecule has 21 heavy (non-hydrogen) atoms. The molecule has 1 rings (SSSR count). The van der Waals surface area contributed by atoms with E-state index >= 15 is 0 Å². The van der Waals surface area contributed by atoms with Gasteiger partial charge in [-0.1, -0.05) is 0 Å². The molecule has 0 aliphatic carbocycles. The molecule has 0 saturated carbocycles. The molecule has 122 valence electrons. The zero-order chi connectivity index (χ0) is 15.7. The van der Waals surface area contributed by atoms with E-state index in [1.54, 1.807) is 6.92 Å². The van der Waals surface area contributed by atoms with Gasteiger partial charge in [0.05, 0.1) is 10.5 Å². The van der Waals surface area contributed by atoms with E-state index < -0.39 is 32.7 Å². The highest BCUT2D eigenvalue weighted by atomic mass is 79.9. The first-order chi connectivity index (χ1) is 9.01. The second-order valence-corrected chi connectivity index (χ2v) is 7.07. The Morgan fingerprint density at radius 3 is 2.33 bits per heavy atom. The van der Waals surface area contributed by atoms with E-state index in [4.69, 9.17) is 5.73 Å².